The van der Waals surface area contributed by atoms with Crippen molar-refractivity contribution in [3.05, 3.63) is 66.7 Å². The van der Waals surface area contributed by atoms with Gasteiger partial charge in [0, 0.05) is 10.9 Å². The minimum absolute atomic E-state index is 0.791. The third kappa shape index (κ3) is 4.73. The molecule has 4 rings (SSSR count). The van der Waals surface area contributed by atoms with Gasteiger partial charge in [-0.05, 0) is 59.7 Å². The predicted molar refractivity (Wildman–Crippen MR) is 125 cm³/mol. The molecule has 0 N–H and O–H groups in total. The SMILES string of the molecule is CCCCCCCOc1ccc2cc(-c3ccc4cc(OC)ccc4n3)ccc2c1. The van der Waals surface area contributed by atoms with Crippen molar-refractivity contribution in [2.45, 2.75) is 39.0 Å². The van der Waals surface area contributed by atoms with Crippen molar-refractivity contribution >= 4 is 21.7 Å². The fourth-order valence-electron chi connectivity index (χ4n) is 3.76. The van der Waals surface area contributed by atoms with Gasteiger partial charge in [0.2, 0.25) is 0 Å². The van der Waals surface area contributed by atoms with Crippen LogP contribution in [0, 0.1) is 0 Å². The van der Waals surface area contributed by atoms with Crippen LogP contribution in [0.3, 0.4) is 0 Å². The van der Waals surface area contributed by atoms with Crippen LogP contribution in [0.15, 0.2) is 66.7 Å². The Morgan fingerprint density at radius 1 is 0.700 bits per heavy atom. The number of methoxy groups -OCH3 is 1. The average Bonchev–Trinajstić information content (AvgIpc) is 2.80. The van der Waals surface area contributed by atoms with Crippen LogP contribution in [0.4, 0.5) is 0 Å². The lowest BCUT2D eigenvalue weighted by Gasteiger charge is -2.09. The number of hydrogen-bond acceptors (Lipinski definition) is 3. The van der Waals surface area contributed by atoms with E-state index in [1.165, 1.54) is 36.5 Å². The molecule has 0 bridgehead atoms. The zero-order valence-electron chi connectivity index (χ0n) is 17.9. The topological polar surface area (TPSA) is 31.4 Å². The Hall–Kier alpha value is -3.07. The van der Waals surface area contributed by atoms with Gasteiger partial charge in [-0.15, -0.1) is 0 Å². The summed E-state index contributed by atoms with van der Waals surface area (Å²) in [5, 5.41) is 3.46. The van der Waals surface area contributed by atoms with E-state index in [0.717, 1.165) is 46.7 Å². The fourth-order valence-corrected chi connectivity index (χ4v) is 3.76. The lowest BCUT2D eigenvalue weighted by molar-refractivity contribution is 0.305. The van der Waals surface area contributed by atoms with Gasteiger partial charge in [0.1, 0.15) is 11.5 Å². The molecule has 0 saturated carbocycles. The first-order chi connectivity index (χ1) is 14.8. The van der Waals surface area contributed by atoms with Gasteiger partial charge in [-0.3, -0.25) is 0 Å². The molecule has 0 aliphatic rings. The molecule has 3 nitrogen and oxygen atoms in total. The second kappa shape index (κ2) is 9.62. The highest BCUT2D eigenvalue weighted by Crippen LogP contribution is 2.28. The summed E-state index contributed by atoms with van der Waals surface area (Å²) in [6.45, 7) is 3.03. The van der Waals surface area contributed by atoms with E-state index in [0.29, 0.717) is 0 Å². The number of unbranched alkanes of at least 4 members (excludes halogenated alkanes) is 4. The zero-order valence-corrected chi connectivity index (χ0v) is 17.9. The van der Waals surface area contributed by atoms with Crippen LogP contribution in [0.5, 0.6) is 11.5 Å². The molecule has 4 aromatic rings. The second-order valence-electron chi connectivity index (χ2n) is 7.74. The van der Waals surface area contributed by atoms with E-state index in [2.05, 4.69) is 55.5 Å². The van der Waals surface area contributed by atoms with Crippen LogP contribution < -0.4 is 9.47 Å². The molecule has 0 saturated heterocycles. The number of fused-ring (bicyclic) bond motifs is 2. The molecule has 0 amide bonds. The molecule has 1 aromatic heterocycles. The molecule has 0 atom stereocenters. The van der Waals surface area contributed by atoms with Crippen LogP contribution in [-0.4, -0.2) is 18.7 Å². The van der Waals surface area contributed by atoms with Crippen LogP contribution in [0.25, 0.3) is 32.9 Å². The molecule has 154 valence electrons. The summed E-state index contributed by atoms with van der Waals surface area (Å²) < 4.78 is 11.3. The number of aromatic nitrogens is 1. The predicted octanol–water partition coefficient (Wildman–Crippen LogP) is 7.41. The van der Waals surface area contributed by atoms with Crippen molar-refractivity contribution in [3.63, 3.8) is 0 Å². The Kier molecular flexibility index (Phi) is 6.48. The number of nitrogens with zero attached hydrogens (tertiary/aromatic N) is 1. The number of ether oxygens (including phenoxy) is 2. The molecule has 3 aromatic carbocycles. The van der Waals surface area contributed by atoms with Gasteiger partial charge in [0.25, 0.3) is 0 Å². The number of benzene rings is 3. The molecule has 1 heterocycles. The first-order valence-electron chi connectivity index (χ1n) is 10.9. The monoisotopic (exact) mass is 399 g/mol. The Balaban J connectivity index is 1.49. The van der Waals surface area contributed by atoms with Crippen molar-refractivity contribution in [2.24, 2.45) is 0 Å². The molecule has 0 aliphatic carbocycles. The highest BCUT2D eigenvalue weighted by atomic mass is 16.5. The minimum Gasteiger partial charge on any atom is -0.497 e. The maximum Gasteiger partial charge on any atom is 0.119 e. The molecule has 0 unspecified atom stereocenters. The molecular formula is C27H29NO2. The highest BCUT2D eigenvalue weighted by molar-refractivity contribution is 5.89. The second-order valence-corrected chi connectivity index (χ2v) is 7.74. The van der Waals surface area contributed by atoms with Crippen LogP contribution in [0.1, 0.15) is 39.0 Å². The van der Waals surface area contributed by atoms with Crippen LogP contribution in [-0.2, 0) is 0 Å². The van der Waals surface area contributed by atoms with E-state index in [-0.39, 0.29) is 0 Å². The normalized spacial score (nSPS) is 11.1. The maximum atomic E-state index is 5.95. The number of rotatable bonds is 9. The zero-order chi connectivity index (χ0) is 20.8. The molecular weight excluding hydrogens is 370 g/mol. The Morgan fingerprint density at radius 3 is 2.30 bits per heavy atom. The molecule has 30 heavy (non-hydrogen) atoms. The van der Waals surface area contributed by atoms with Crippen molar-refractivity contribution in [3.8, 4) is 22.8 Å². The Bertz CT molecular complexity index is 1140. The van der Waals surface area contributed by atoms with Crippen molar-refractivity contribution < 1.29 is 9.47 Å². The quantitative estimate of drug-likeness (QED) is 0.275. The van der Waals surface area contributed by atoms with E-state index >= 15 is 0 Å². The highest BCUT2D eigenvalue weighted by Gasteiger charge is 2.05. The lowest BCUT2D eigenvalue weighted by atomic mass is 10.0. The molecule has 3 heteroatoms. The van der Waals surface area contributed by atoms with Crippen molar-refractivity contribution in [1.82, 2.24) is 4.98 Å². The van der Waals surface area contributed by atoms with Crippen molar-refractivity contribution in [1.29, 1.82) is 0 Å². The number of pyridine rings is 1. The lowest BCUT2D eigenvalue weighted by Crippen LogP contribution is -1.97. The van der Waals surface area contributed by atoms with Gasteiger partial charge in [-0.25, -0.2) is 4.98 Å². The summed E-state index contributed by atoms with van der Waals surface area (Å²) in [5.41, 5.74) is 3.06. The number of hydrogen-bond donors (Lipinski definition) is 0. The summed E-state index contributed by atoms with van der Waals surface area (Å²) in [6.07, 6.45) is 6.26. The Labute approximate surface area is 178 Å². The summed E-state index contributed by atoms with van der Waals surface area (Å²) in [5.74, 6) is 1.80. The van der Waals surface area contributed by atoms with E-state index in [1.807, 2.05) is 18.2 Å². The van der Waals surface area contributed by atoms with Gasteiger partial charge in [0.15, 0.2) is 0 Å². The molecule has 0 aliphatic heterocycles. The van der Waals surface area contributed by atoms with Gasteiger partial charge in [0.05, 0.1) is 24.9 Å². The van der Waals surface area contributed by atoms with Gasteiger partial charge < -0.3 is 9.47 Å². The first kappa shape index (κ1) is 20.2. The van der Waals surface area contributed by atoms with Crippen molar-refractivity contribution in [2.75, 3.05) is 13.7 Å². The largest absolute Gasteiger partial charge is 0.497 e. The first-order valence-corrected chi connectivity index (χ1v) is 10.9. The standard InChI is InChI=1S/C27H29NO2/c1-3-4-5-6-7-16-30-25-12-10-20-17-22(9-8-21(20)18-25)26-14-11-23-19-24(29-2)13-15-27(23)28-26/h8-15,17-19H,3-7,16H2,1-2H3. The molecule has 0 spiro atoms. The smallest absolute Gasteiger partial charge is 0.119 e. The maximum absolute atomic E-state index is 5.95. The molecule has 0 radical (unpaired) electrons. The van der Waals surface area contributed by atoms with Gasteiger partial charge >= 0.3 is 0 Å². The summed E-state index contributed by atoms with van der Waals surface area (Å²) in [4.78, 5) is 4.84. The summed E-state index contributed by atoms with van der Waals surface area (Å²) in [7, 11) is 1.68. The van der Waals surface area contributed by atoms with Crippen LogP contribution in [0.2, 0.25) is 0 Å². The van der Waals surface area contributed by atoms with E-state index in [9.17, 15) is 0 Å². The van der Waals surface area contributed by atoms with E-state index in [1.54, 1.807) is 7.11 Å². The third-order valence-electron chi connectivity index (χ3n) is 5.52. The van der Waals surface area contributed by atoms with Gasteiger partial charge in [-0.2, -0.15) is 0 Å². The fraction of sp³-hybridized carbons (Fsp3) is 0.296. The average molecular weight is 400 g/mol. The minimum atomic E-state index is 0.791. The third-order valence-corrected chi connectivity index (χ3v) is 5.52. The van der Waals surface area contributed by atoms with Crippen LogP contribution >= 0.6 is 0 Å². The van der Waals surface area contributed by atoms with E-state index < -0.39 is 0 Å². The summed E-state index contributed by atoms with van der Waals surface area (Å²) in [6, 6.07) is 22.9. The summed E-state index contributed by atoms with van der Waals surface area (Å²) >= 11 is 0. The van der Waals surface area contributed by atoms with E-state index in [4.69, 9.17) is 14.5 Å². The molecule has 0 fully saturated rings. The Morgan fingerprint density at radius 2 is 1.43 bits per heavy atom. The van der Waals surface area contributed by atoms with Gasteiger partial charge in [-0.1, -0.05) is 56.9 Å².